The summed E-state index contributed by atoms with van der Waals surface area (Å²) in [5.74, 6) is 0.662. The highest BCUT2D eigenvalue weighted by Gasteiger charge is 2.26. The van der Waals surface area contributed by atoms with Crippen molar-refractivity contribution in [2.45, 2.75) is 63.5 Å². The first-order valence-electron chi connectivity index (χ1n) is 10.0. The van der Waals surface area contributed by atoms with Gasteiger partial charge in [0.2, 0.25) is 0 Å². The lowest BCUT2D eigenvalue weighted by atomic mass is 9.92. The fourth-order valence-corrected chi connectivity index (χ4v) is 3.96. The minimum atomic E-state index is -3.13. The SMILES string of the molecule is CC(C)(C)OC(=O)N1CCC(CCCNCc2ccc(S(C)(=O)=O)cc2)CC1. The lowest BCUT2D eigenvalue weighted by Crippen LogP contribution is -2.41. The molecule has 0 spiro atoms. The first kappa shape index (κ1) is 22.7. The molecule has 7 heteroatoms. The molecule has 6 nitrogen and oxygen atoms in total. The van der Waals surface area contributed by atoms with Gasteiger partial charge in [-0.25, -0.2) is 13.2 Å². The minimum absolute atomic E-state index is 0.200. The van der Waals surface area contributed by atoms with Crippen LogP contribution in [0.25, 0.3) is 0 Å². The van der Waals surface area contributed by atoms with Crippen LogP contribution in [0, 0.1) is 5.92 Å². The number of nitrogens with zero attached hydrogens (tertiary/aromatic N) is 1. The van der Waals surface area contributed by atoms with E-state index in [0.717, 1.165) is 57.4 Å². The van der Waals surface area contributed by atoms with Crippen LogP contribution in [0.1, 0.15) is 52.0 Å². The Kier molecular flexibility index (Phi) is 7.89. The number of sulfone groups is 1. The third kappa shape index (κ3) is 7.80. The predicted octanol–water partition coefficient (Wildman–Crippen LogP) is 3.61. The van der Waals surface area contributed by atoms with Gasteiger partial charge in [-0.3, -0.25) is 0 Å². The maximum atomic E-state index is 12.1. The normalized spacial score (nSPS) is 16.2. The van der Waals surface area contributed by atoms with Crippen molar-refractivity contribution < 1.29 is 17.9 Å². The molecule has 1 heterocycles. The smallest absolute Gasteiger partial charge is 0.410 e. The molecule has 0 radical (unpaired) electrons. The number of hydrogen-bond acceptors (Lipinski definition) is 5. The second-order valence-corrected chi connectivity index (χ2v) is 10.7. The molecule has 0 bridgehead atoms. The Bertz CT molecular complexity index is 731. The molecule has 1 aliphatic rings. The molecule has 1 saturated heterocycles. The largest absolute Gasteiger partial charge is 0.444 e. The Morgan fingerprint density at radius 3 is 2.32 bits per heavy atom. The van der Waals surface area contributed by atoms with Gasteiger partial charge in [0.05, 0.1) is 4.90 Å². The Balaban J connectivity index is 1.60. The zero-order chi connectivity index (χ0) is 20.8. The third-order valence-corrected chi connectivity index (χ3v) is 6.04. The van der Waals surface area contributed by atoms with Gasteiger partial charge in [0.1, 0.15) is 5.60 Å². The lowest BCUT2D eigenvalue weighted by molar-refractivity contribution is 0.0180. The second kappa shape index (κ2) is 9.74. The van der Waals surface area contributed by atoms with Crippen LogP contribution in [0.15, 0.2) is 29.2 Å². The Morgan fingerprint density at radius 2 is 1.79 bits per heavy atom. The van der Waals surface area contributed by atoms with Gasteiger partial charge >= 0.3 is 6.09 Å². The maximum Gasteiger partial charge on any atom is 0.410 e. The van der Waals surface area contributed by atoms with Gasteiger partial charge in [-0.2, -0.15) is 0 Å². The van der Waals surface area contributed by atoms with E-state index in [-0.39, 0.29) is 6.09 Å². The van der Waals surface area contributed by atoms with Gasteiger partial charge in [0.15, 0.2) is 9.84 Å². The van der Waals surface area contributed by atoms with Crippen LogP contribution >= 0.6 is 0 Å². The highest BCUT2D eigenvalue weighted by Crippen LogP contribution is 2.23. The standard InChI is InChI=1S/C21H34N2O4S/c1-21(2,3)27-20(24)23-14-11-17(12-15-23)6-5-13-22-16-18-7-9-19(10-8-18)28(4,25)26/h7-10,17,22H,5-6,11-16H2,1-4H3. The topological polar surface area (TPSA) is 75.7 Å². The summed E-state index contributed by atoms with van der Waals surface area (Å²) in [6.45, 7) is 8.90. The molecule has 1 aliphatic heterocycles. The molecule has 1 aromatic rings. The monoisotopic (exact) mass is 410 g/mol. The quantitative estimate of drug-likeness (QED) is 0.695. The molecule has 1 amide bonds. The number of hydrogen-bond donors (Lipinski definition) is 1. The molecule has 0 aliphatic carbocycles. The Labute approximate surface area is 169 Å². The average Bonchev–Trinajstić information content (AvgIpc) is 2.60. The zero-order valence-electron chi connectivity index (χ0n) is 17.5. The number of carbonyl (C=O) groups excluding carboxylic acids is 1. The molecule has 2 rings (SSSR count). The van der Waals surface area contributed by atoms with Gasteiger partial charge in [0, 0.05) is 25.9 Å². The highest BCUT2D eigenvalue weighted by atomic mass is 32.2. The van der Waals surface area contributed by atoms with Gasteiger partial charge in [-0.1, -0.05) is 12.1 Å². The summed E-state index contributed by atoms with van der Waals surface area (Å²) in [5, 5.41) is 3.42. The predicted molar refractivity (Wildman–Crippen MR) is 111 cm³/mol. The van der Waals surface area contributed by atoms with E-state index in [2.05, 4.69) is 5.32 Å². The van der Waals surface area contributed by atoms with E-state index >= 15 is 0 Å². The van der Waals surface area contributed by atoms with Crippen LogP contribution in [0.5, 0.6) is 0 Å². The van der Waals surface area contributed by atoms with Gasteiger partial charge in [0.25, 0.3) is 0 Å². The lowest BCUT2D eigenvalue weighted by Gasteiger charge is -2.33. The Hall–Kier alpha value is -1.60. The van der Waals surface area contributed by atoms with Gasteiger partial charge < -0.3 is 15.0 Å². The van der Waals surface area contributed by atoms with Crippen molar-refractivity contribution in [2.75, 3.05) is 25.9 Å². The van der Waals surface area contributed by atoms with E-state index in [1.165, 1.54) is 6.26 Å². The number of amides is 1. The molecule has 0 aromatic heterocycles. The van der Waals surface area contributed by atoms with E-state index in [4.69, 9.17) is 4.74 Å². The summed E-state index contributed by atoms with van der Waals surface area (Å²) in [6, 6.07) is 7.03. The van der Waals surface area contributed by atoms with Crippen LogP contribution < -0.4 is 5.32 Å². The molecule has 1 fully saturated rings. The third-order valence-electron chi connectivity index (χ3n) is 4.91. The number of rotatable bonds is 7. The highest BCUT2D eigenvalue weighted by molar-refractivity contribution is 7.90. The fraction of sp³-hybridized carbons (Fsp3) is 0.667. The molecular formula is C21H34N2O4S. The molecular weight excluding hydrogens is 376 g/mol. The van der Waals surface area contributed by atoms with Crippen molar-refractivity contribution in [1.29, 1.82) is 0 Å². The van der Waals surface area contributed by atoms with Crippen LogP contribution in [-0.4, -0.2) is 50.9 Å². The average molecular weight is 411 g/mol. The molecule has 0 unspecified atom stereocenters. The van der Waals surface area contributed by atoms with Crippen molar-refractivity contribution in [3.8, 4) is 0 Å². The van der Waals surface area contributed by atoms with Crippen LogP contribution in [0.4, 0.5) is 4.79 Å². The van der Waals surface area contributed by atoms with Crippen molar-refractivity contribution in [3.05, 3.63) is 29.8 Å². The summed E-state index contributed by atoms with van der Waals surface area (Å²) in [6.07, 6.45) is 5.34. The molecule has 1 aromatic carbocycles. The first-order valence-corrected chi connectivity index (χ1v) is 11.9. The van der Waals surface area contributed by atoms with Crippen LogP contribution in [0.2, 0.25) is 0 Å². The summed E-state index contributed by atoms with van der Waals surface area (Å²) in [5.41, 5.74) is 0.642. The molecule has 0 saturated carbocycles. The van der Waals surface area contributed by atoms with Crippen molar-refractivity contribution >= 4 is 15.9 Å². The number of ether oxygens (including phenoxy) is 1. The van der Waals surface area contributed by atoms with Gasteiger partial charge in [-0.05, 0) is 76.6 Å². The summed E-state index contributed by atoms with van der Waals surface area (Å²) in [7, 11) is -3.13. The van der Waals surface area contributed by atoms with E-state index in [1.54, 1.807) is 12.1 Å². The van der Waals surface area contributed by atoms with Crippen molar-refractivity contribution in [2.24, 2.45) is 5.92 Å². The van der Waals surface area contributed by atoms with E-state index in [1.807, 2.05) is 37.8 Å². The molecule has 0 atom stereocenters. The number of piperidine rings is 1. The van der Waals surface area contributed by atoms with Crippen molar-refractivity contribution in [3.63, 3.8) is 0 Å². The van der Waals surface area contributed by atoms with Crippen molar-refractivity contribution in [1.82, 2.24) is 10.2 Å². The molecule has 28 heavy (non-hydrogen) atoms. The number of benzene rings is 1. The maximum absolute atomic E-state index is 12.1. The number of nitrogens with one attached hydrogen (secondary N) is 1. The number of likely N-dealkylation sites (tertiary alicyclic amines) is 1. The zero-order valence-corrected chi connectivity index (χ0v) is 18.3. The molecule has 158 valence electrons. The second-order valence-electron chi connectivity index (χ2n) is 8.65. The minimum Gasteiger partial charge on any atom is -0.444 e. The van der Waals surface area contributed by atoms with Gasteiger partial charge in [-0.15, -0.1) is 0 Å². The number of carbonyl (C=O) groups is 1. The van der Waals surface area contributed by atoms with Crippen LogP contribution in [-0.2, 0) is 21.1 Å². The Morgan fingerprint density at radius 1 is 1.18 bits per heavy atom. The van der Waals surface area contributed by atoms with Crippen LogP contribution in [0.3, 0.4) is 0 Å². The van der Waals surface area contributed by atoms with E-state index < -0.39 is 15.4 Å². The van der Waals surface area contributed by atoms with E-state index in [9.17, 15) is 13.2 Å². The summed E-state index contributed by atoms with van der Waals surface area (Å²) >= 11 is 0. The summed E-state index contributed by atoms with van der Waals surface area (Å²) in [4.78, 5) is 14.3. The molecule has 1 N–H and O–H groups in total. The van der Waals surface area contributed by atoms with E-state index in [0.29, 0.717) is 10.8 Å². The fourth-order valence-electron chi connectivity index (χ4n) is 3.33. The summed E-state index contributed by atoms with van der Waals surface area (Å²) < 4.78 is 28.4. The first-order chi connectivity index (χ1) is 13.0.